The zero-order chi connectivity index (χ0) is 27.8. The molecule has 4 rings (SSSR count). The molecule has 9 nitrogen and oxygen atoms in total. The van der Waals surface area contributed by atoms with Gasteiger partial charge in [-0.1, -0.05) is 43.7 Å². The molecule has 2 heterocycles. The number of aryl methyl sites for hydroxylation is 1. The van der Waals surface area contributed by atoms with E-state index in [1.807, 2.05) is 47.4 Å². The van der Waals surface area contributed by atoms with E-state index in [9.17, 15) is 19.8 Å². The molecule has 2 aromatic carbocycles. The Morgan fingerprint density at radius 2 is 1.85 bits per heavy atom. The molecule has 1 amide bonds. The summed E-state index contributed by atoms with van der Waals surface area (Å²) in [5, 5.41) is 20.2. The van der Waals surface area contributed by atoms with Gasteiger partial charge in [0, 0.05) is 38.1 Å². The number of carboxylic acid groups (broad SMARTS) is 1. The lowest BCUT2D eigenvalue weighted by molar-refractivity contribution is -0.143. The van der Waals surface area contributed by atoms with Crippen LogP contribution in [0.5, 0.6) is 11.5 Å². The van der Waals surface area contributed by atoms with Crippen LogP contribution < -0.4 is 15.2 Å². The molecule has 0 saturated carbocycles. The molecule has 0 bridgehead atoms. The van der Waals surface area contributed by atoms with Gasteiger partial charge >= 0.3 is 5.97 Å². The van der Waals surface area contributed by atoms with Gasteiger partial charge in [0.1, 0.15) is 0 Å². The predicted octanol–water partition coefficient (Wildman–Crippen LogP) is 2.99. The molecule has 0 aromatic heterocycles. The summed E-state index contributed by atoms with van der Waals surface area (Å²) in [7, 11) is 0. The molecule has 212 valence electrons. The Kier molecular flexibility index (Phi) is 10.2. The summed E-state index contributed by atoms with van der Waals surface area (Å²) in [6.45, 7) is 4.36. The first-order chi connectivity index (χ1) is 19.0. The van der Waals surface area contributed by atoms with Crippen LogP contribution in [-0.4, -0.2) is 77.4 Å². The lowest BCUT2D eigenvalue weighted by Crippen LogP contribution is -2.45. The number of unbranched alkanes of at least 4 members (excludes halogenated alkanes) is 1. The number of hydrogen-bond donors (Lipinski definition) is 3. The molecule has 0 spiro atoms. The highest BCUT2D eigenvalue weighted by molar-refractivity contribution is 5.79. The van der Waals surface area contributed by atoms with Crippen molar-refractivity contribution in [2.45, 2.75) is 57.6 Å². The quantitative estimate of drug-likeness (QED) is 0.335. The number of amides is 1. The van der Waals surface area contributed by atoms with E-state index in [2.05, 4.69) is 11.8 Å². The second-order valence-corrected chi connectivity index (χ2v) is 10.4. The van der Waals surface area contributed by atoms with Crippen molar-refractivity contribution in [2.24, 2.45) is 11.7 Å². The number of aliphatic hydroxyl groups is 1. The van der Waals surface area contributed by atoms with Crippen LogP contribution in [-0.2, 0) is 22.6 Å². The largest absolute Gasteiger partial charge is 0.481 e. The van der Waals surface area contributed by atoms with Crippen molar-refractivity contribution in [3.63, 3.8) is 0 Å². The van der Waals surface area contributed by atoms with Crippen molar-refractivity contribution in [1.29, 1.82) is 0 Å². The monoisotopic (exact) mass is 539 g/mol. The molecule has 4 N–H and O–H groups in total. The molecule has 2 aromatic rings. The maximum atomic E-state index is 13.4. The molecule has 2 aliphatic heterocycles. The van der Waals surface area contributed by atoms with Crippen molar-refractivity contribution >= 4 is 11.9 Å². The van der Waals surface area contributed by atoms with Gasteiger partial charge in [-0.3, -0.25) is 14.5 Å². The summed E-state index contributed by atoms with van der Waals surface area (Å²) < 4.78 is 11.0. The summed E-state index contributed by atoms with van der Waals surface area (Å²) in [5.74, 6) is -0.568. The maximum Gasteiger partial charge on any atom is 0.308 e. The Bertz CT molecular complexity index is 1130. The van der Waals surface area contributed by atoms with Crippen molar-refractivity contribution < 1.29 is 29.3 Å². The molecule has 0 unspecified atom stereocenters. The van der Waals surface area contributed by atoms with E-state index in [1.54, 1.807) is 0 Å². The predicted molar refractivity (Wildman–Crippen MR) is 148 cm³/mol. The number of nitrogens with zero attached hydrogens (tertiary/aromatic N) is 2. The molecule has 2 aliphatic rings. The zero-order valence-electron chi connectivity index (χ0n) is 22.8. The molecule has 1 fully saturated rings. The van der Waals surface area contributed by atoms with Crippen LogP contribution >= 0.6 is 0 Å². The lowest BCUT2D eigenvalue weighted by Gasteiger charge is -2.29. The number of aliphatic carboxylic acids is 1. The second kappa shape index (κ2) is 13.8. The zero-order valence-corrected chi connectivity index (χ0v) is 22.8. The SMILES string of the molecule is CCCCN(CCN)C(=O)CN1C[C@H](c2ccc3c(c2)OCO3)[C@@H](C(=O)O)[C@@H]1CCCc1ccccc1CO. The number of ether oxygens (including phenoxy) is 2. The normalized spacial score (nSPS) is 20.3. The summed E-state index contributed by atoms with van der Waals surface area (Å²) in [4.78, 5) is 30.0. The fourth-order valence-corrected chi connectivity index (χ4v) is 5.93. The average molecular weight is 540 g/mol. The summed E-state index contributed by atoms with van der Waals surface area (Å²) >= 11 is 0. The van der Waals surface area contributed by atoms with E-state index >= 15 is 0 Å². The van der Waals surface area contributed by atoms with Crippen molar-refractivity contribution in [3.8, 4) is 11.5 Å². The number of rotatable bonds is 14. The number of benzene rings is 2. The van der Waals surface area contributed by atoms with E-state index in [0.29, 0.717) is 44.1 Å². The second-order valence-electron chi connectivity index (χ2n) is 10.4. The van der Waals surface area contributed by atoms with Gasteiger partial charge in [-0.2, -0.15) is 0 Å². The van der Waals surface area contributed by atoms with Crippen molar-refractivity contribution in [1.82, 2.24) is 9.80 Å². The fourth-order valence-electron chi connectivity index (χ4n) is 5.93. The molecule has 0 radical (unpaired) electrons. The number of nitrogens with two attached hydrogens (primary N) is 1. The van der Waals surface area contributed by atoms with Crippen LogP contribution in [0.3, 0.4) is 0 Å². The number of carboxylic acids is 1. The van der Waals surface area contributed by atoms with E-state index in [4.69, 9.17) is 15.2 Å². The third kappa shape index (κ3) is 6.90. The molecule has 9 heteroatoms. The van der Waals surface area contributed by atoms with Gasteiger partial charge in [-0.05, 0) is 54.5 Å². The lowest BCUT2D eigenvalue weighted by atomic mass is 9.83. The third-order valence-corrected chi connectivity index (χ3v) is 7.96. The first-order valence-corrected chi connectivity index (χ1v) is 14.0. The van der Waals surface area contributed by atoms with Gasteiger partial charge in [-0.25, -0.2) is 0 Å². The van der Waals surface area contributed by atoms with Crippen molar-refractivity contribution in [2.75, 3.05) is 39.5 Å². The number of aliphatic hydroxyl groups excluding tert-OH is 1. The van der Waals surface area contributed by atoms with E-state index in [-0.39, 0.29) is 37.8 Å². The number of fused-ring (bicyclic) bond motifs is 1. The van der Waals surface area contributed by atoms with Gasteiger partial charge in [0.15, 0.2) is 11.5 Å². The van der Waals surface area contributed by atoms with Gasteiger partial charge in [-0.15, -0.1) is 0 Å². The minimum Gasteiger partial charge on any atom is -0.481 e. The summed E-state index contributed by atoms with van der Waals surface area (Å²) in [5.41, 5.74) is 8.63. The van der Waals surface area contributed by atoms with E-state index in [1.165, 1.54) is 0 Å². The van der Waals surface area contributed by atoms with Crippen LogP contribution in [0, 0.1) is 5.92 Å². The molecule has 39 heavy (non-hydrogen) atoms. The molecule has 0 aliphatic carbocycles. The topological polar surface area (TPSA) is 126 Å². The smallest absolute Gasteiger partial charge is 0.308 e. The number of hydrogen-bond acceptors (Lipinski definition) is 7. The Morgan fingerprint density at radius 1 is 1.08 bits per heavy atom. The van der Waals surface area contributed by atoms with Crippen LogP contribution in [0.25, 0.3) is 0 Å². The molecule has 3 atom stereocenters. The van der Waals surface area contributed by atoms with Gasteiger partial charge < -0.3 is 30.3 Å². The highest BCUT2D eigenvalue weighted by Crippen LogP contribution is 2.43. The highest BCUT2D eigenvalue weighted by Gasteiger charge is 2.47. The Labute approximate surface area is 230 Å². The minimum absolute atomic E-state index is 0.0139. The Balaban J connectivity index is 1.57. The fraction of sp³-hybridized carbons (Fsp3) is 0.533. The summed E-state index contributed by atoms with van der Waals surface area (Å²) in [6.07, 6.45) is 3.97. The Morgan fingerprint density at radius 3 is 2.56 bits per heavy atom. The third-order valence-electron chi connectivity index (χ3n) is 7.96. The molecular formula is C30H41N3O6. The first kappa shape index (κ1) is 28.9. The van der Waals surface area contributed by atoms with Gasteiger partial charge in [0.2, 0.25) is 12.7 Å². The molecule has 1 saturated heterocycles. The van der Waals surface area contributed by atoms with Gasteiger partial charge in [0.05, 0.1) is 19.1 Å². The van der Waals surface area contributed by atoms with E-state index in [0.717, 1.165) is 42.4 Å². The van der Waals surface area contributed by atoms with Crippen LogP contribution in [0.4, 0.5) is 0 Å². The average Bonchev–Trinajstić information content (AvgIpc) is 3.55. The summed E-state index contributed by atoms with van der Waals surface area (Å²) in [6, 6.07) is 13.1. The number of likely N-dealkylation sites (tertiary alicyclic amines) is 1. The standard InChI is InChI=1S/C30H41N3O6/c1-2-3-14-32(15-13-31)28(35)18-33-17-24(22-11-12-26-27(16-22)39-20-38-26)29(30(36)37)25(33)10-6-9-21-7-4-5-8-23(21)19-34/h4-5,7-8,11-12,16,24-25,29,34H,2-3,6,9-10,13-15,17-20,31H2,1H3,(H,36,37)/t24-,25+,29-/m1/s1. The number of carbonyl (C=O) groups is 2. The van der Waals surface area contributed by atoms with Crippen molar-refractivity contribution in [3.05, 3.63) is 59.2 Å². The minimum atomic E-state index is -0.863. The van der Waals surface area contributed by atoms with Crippen LogP contribution in [0.1, 0.15) is 55.2 Å². The Hall–Kier alpha value is -3.14. The van der Waals surface area contributed by atoms with Gasteiger partial charge in [0.25, 0.3) is 0 Å². The maximum absolute atomic E-state index is 13.4. The molecular weight excluding hydrogens is 498 g/mol. The van der Waals surface area contributed by atoms with Crippen LogP contribution in [0.2, 0.25) is 0 Å². The van der Waals surface area contributed by atoms with Crippen LogP contribution in [0.15, 0.2) is 42.5 Å². The highest BCUT2D eigenvalue weighted by atomic mass is 16.7. The number of carbonyl (C=O) groups excluding carboxylic acids is 1. The van der Waals surface area contributed by atoms with E-state index < -0.39 is 11.9 Å². The first-order valence-electron chi connectivity index (χ1n) is 14.0.